The van der Waals surface area contributed by atoms with E-state index in [1.165, 1.54) is 33.4 Å². The zero-order valence-electron chi connectivity index (χ0n) is 14.7. The first-order chi connectivity index (χ1) is 12.6. The molecule has 1 aliphatic rings. The van der Waals surface area contributed by atoms with Crippen LogP contribution in [0, 0.1) is 0 Å². The fourth-order valence-corrected chi connectivity index (χ4v) is 3.21. The number of hydrogen-bond acceptors (Lipinski definition) is 6. The Morgan fingerprint density at radius 1 is 1.12 bits per heavy atom. The molecule has 26 heavy (non-hydrogen) atoms. The van der Waals surface area contributed by atoms with Crippen molar-refractivity contribution in [3.8, 4) is 11.5 Å². The van der Waals surface area contributed by atoms with E-state index in [0.717, 1.165) is 12.8 Å². The van der Waals surface area contributed by atoms with E-state index in [0.29, 0.717) is 34.1 Å². The molecule has 0 spiro atoms. The molecule has 138 valence electrons. The van der Waals surface area contributed by atoms with Gasteiger partial charge in [0.05, 0.1) is 24.9 Å². The second-order valence-corrected chi connectivity index (χ2v) is 6.46. The summed E-state index contributed by atoms with van der Waals surface area (Å²) < 4.78 is 10.5. The predicted octanol–water partition coefficient (Wildman–Crippen LogP) is 3.75. The van der Waals surface area contributed by atoms with E-state index in [4.69, 9.17) is 21.1 Å². The molecule has 1 aromatic heterocycles. The molecule has 0 bridgehead atoms. The molecule has 0 saturated heterocycles. The smallest absolute Gasteiger partial charge is 0.274 e. The van der Waals surface area contributed by atoms with Crippen LogP contribution in [-0.2, 0) is 0 Å². The minimum Gasteiger partial charge on any atom is -0.495 e. The van der Waals surface area contributed by atoms with E-state index in [2.05, 4.69) is 20.6 Å². The highest BCUT2D eigenvalue weighted by atomic mass is 35.5. The molecule has 8 heteroatoms. The summed E-state index contributed by atoms with van der Waals surface area (Å²) in [4.78, 5) is 20.9. The first-order valence-electron chi connectivity index (χ1n) is 8.42. The van der Waals surface area contributed by atoms with E-state index in [-0.39, 0.29) is 11.6 Å². The van der Waals surface area contributed by atoms with Crippen molar-refractivity contribution in [3.05, 3.63) is 35.2 Å². The van der Waals surface area contributed by atoms with Crippen molar-refractivity contribution in [3.63, 3.8) is 0 Å². The Bertz CT molecular complexity index is 794. The third-order valence-electron chi connectivity index (χ3n) is 4.33. The van der Waals surface area contributed by atoms with Gasteiger partial charge in [-0.05, 0) is 12.8 Å². The number of rotatable bonds is 6. The summed E-state index contributed by atoms with van der Waals surface area (Å²) in [5.74, 6) is 1.15. The predicted molar refractivity (Wildman–Crippen MR) is 100 cm³/mol. The van der Waals surface area contributed by atoms with E-state index in [1.54, 1.807) is 18.2 Å². The molecular formula is C18H21ClN4O3. The van der Waals surface area contributed by atoms with Crippen LogP contribution < -0.4 is 20.1 Å². The van der Waals surface area contributed by atoms with Crippen LogP contribution in [0.25, 0.3) is 0 Å². The van der Waals surface area contributed by atoms with Gasteiger partial charge >= 0.3 is 0 Å². The Hall–Kier alpha value is -2.54. The minimum absolute atomic E-state index is 0.261. The molecular weight excluding hydrogens is 356 g/mol. The maximum absolute atomic E-state index is 12.6. The first-order valence-corrected chi connectivity index (χ1v) is 8.80. The third-order valence-corrected chi connectivity index (χ3v) is 4.62. The van der Waals surface area contributed by atoms with Crippen LogP contribution in [0.3, 0.4) is 0 Å². The number of nitrogens with one attached hydrogen (secondary N) is 2. The third kappa shape index (κ3) is 4.16. The number of aromatic nitrogens is 2. The highest BCUT2D eigenvalue weighted by molar-refractivity contribution is 6.32. The van der Waals surface area contributed by atoms with Gasteiger partial charge in [-0.2, -0.15) is 0 Å². The standard InChI is InChI=1S/C18H21ClN4O3/c1-25-15-8-13(16(26-2)7-12(15)19)23-18(24)14-9-17(21-10-20-14)22-11-5-3-4-6-11/h7-11H,3-6H2,1-2H3,(H,23,24)(H,20,21,22). The van der Waals surface area contributed by atoms with Gasteiger partial charge in [0.15, 0.2) is 0 Å². The molecule has 1 aromatic carbocycles. The number of nitrogens with zero attached hydrogens (tertiary/aromatic N) is 2. The summed E-state index contributed by atoms with van der Waals surface area (Å²) in [6.45, 7) is 0. The molecule has 7 nitrogen and oxygen atoms in total. The summed E-state index contributed by atoms with van der Waals surface area (Å²) >= 11 is 6.09. The summed E-state index contributed by atoms with van der Waals surface area (Å²) in [6, 6.07) is 5.25. The fraction of sp³-hybridized carbons (Fsp3) is 0.389. The van der Waals surface area contributed by atoms with Gasteiger partial charge in [-0.15, -0.1) is 0 Å². The molecule has 0 unspecified atom stereocenters. The van der Waals surface area contributed by atoms with Crippen LogP contribution >= 0.6 is 11.6 Å². The van der Waals surface area contributed by atoms with Crippen LogP contribution in [0.2, 0.25) is 5.02 Å². The lowest BCUT2D eigenvalue weighted by atomic mass is 10.2. The van der Waals surface area contributed by atoms with Gasteiger partial charge in [0.25, 0.3) is 5.91 Å². The van der Waals surface area contributed by atoms with Crippen molar-refractivity contribution in [1.29, 1.82) is 0 Å². The molecule has 2 aromatic rings. The maximum Gasteiger partial charge on any atom is 0.274 e. The average Bonchev–Trinajstić information content (AvgIpc) is 3.16. The first kappa shape index (κ1) is 18.3. The van der Waals surface area contributed by atoms with Crippen LogP contribution in [0.1, 0.15) is 36.2 Å². The zero-order valence-corrected chi connectivity index (χ0v) is 15.5. The Morgan fingerprint density at radius 3 is 2.54 bits per heavy atom. The molecule has 0 radical (unpaired) electrons. The zero-order chi connectivity index (χ0) is 18.5. The highest BCUT2D eigenvalue weighted by Crippen LogP contribution is 2.36. The van der Waals surface area contributed by atoms with Gasteiger partial charge < -0.3 is 20.1 Å². The van der Waals surface area contributed by atoms with Gasteiger partial charge in [-0.1, -0.05) is 24.4 Å². The Labute approximate surface area is 157 Å². The highest BCUT2D eigenvalue weighted by Gasteiger charge is 2.18. The minimum atomic E-state index is -0.371. The van der Waals surface area contributed by atoms with Crippen molar-refractivity contribution in [2.45, 2.75) is 31.7 Å². The monoisotopic (exact) mass is 376 g/mol. The van der Waals surface area contributed by atoms with Gasteiger partial charge in [0, 0.05) is 24.2 Å². The molecule has 1 heterocycles. The fourth-order valence-electron chi connectivity index (χ4n) is 2.98. The second kappa shape index (κ2) is 8.23. The number of methoxy groups -OCH3 is 2. The van der Waals surface area contributed by atoms with E-state index in [1.807, 2.05) is 0 Å². The molecule has 1 saturated carbocycles. The Kier molecular flexibility index (Phi) is 5.78. The Balaban J connectivity index is 1.77. The van der Waals surface area contributed by atoms with Crippen LogP contribution in [-0.4, -0.2) is 36.1 Å². The molecule has 2 N–H and O–H groups in total. The summed E-state index contributed by atoms with van der Waals surface area (Å²) in [5.41, 5.74) is 0.708. The SMILES string of the molecule is COc1cc(NC(=O)c2cc(NC3CCCC3)ncn2)c(OC)cc1Cl. The van der Waals surface area contributed by atoms with Gasteiger partial charge in [0.1, 0.15) is 29.3 Å². The largest absolute Gasteiger partial charge is 0.495 e. The van der Waals surface area contributed by atoms with Crippen LogP contribution in [0.5, 0.6) is 11.5 Å². The number of carbonyl (C=O) groups is 1. The van der Waals surface area contributed by atoms with Gasteiger partial charge in [-0.3, -0.25) is 4.79 Å². The normalized spacial score (nSPS) is 14.1. The van der Waals surface area contributed by atoms with Crippen LogP contribution in [0.4, 0.5) is 11.5 Å². The van der Waals surface area contributed by atoms with E-state index < -0.39 is 0 Å². The number of amides is 1. The lowest BCUT2D eigenvalue weighted by Gasteiger charge is -2.14. The molecule has 1 fully saturated rings. The lowest BCUT2D eigenvalue weighted by Crippen LogP contribution is -2.18. The molecule has 1 aliphatic carbocycles. The average molecular weight is 377 g/mol. The molecule has 0 atom stereocenters. The van der Waals surface area contributed by atoms with E-state index in [9.17, 15) is 4.79 Å². The molecule has 0 aliphatic heterocycles. The number of ether oxygens (including phenoxy) is 2. The Morgan fingerprint density at radius 2 is 1.85 bits per heavy atom. The number of halogens is 1. The van der Waals surface area contributed by atoms with E-state index >= 15 is 0 Å². The van der Waals surface area contributed by atoms with Crippen molar-refractivity contribution in [2.24, 2.45) is 0 Å². The number of anilines is 2. The van der Waals surface area contributed by atoms with Crippen molar-refractivity contribution >= 4 is 29.0 Å². The molecule has 3 rings (SSSR count). The number of hydrogen-bond donors (Lipinski definition) is 2. The summed E-state index contributed by atoms with van der Waals surface area (Å²) in [5, 5.41) is 6.53. The second-order valence-electron chi connectivity index (χ2n) is 6.06. The number of benzene rings is 1. The van der Waals surface area contributed by atoms with Crippen molar-refractivity contribution < 1.29 is 14.3 Å². The van der Waals surface area contributed by atoms with Crippen molar-refractivity contribution in [1.82, 2.24) is 9.97 Å². The topological polar surface area (TPSA) is 85.4 Å². The maximum atomic E-state index is 12.6. The van der Waals surface area contributed by atoms with Gasteiger partial charge in [-0.25, -0.2) is 9.97 Å². The molecule has 1 amide bonds. The van der Waals surface area contributed by atoms with Crippen LogP contribution in [0.15, 0.2) is 24.5 Å². The van der Waals surface area contributed by atoms with Crippen molar-refractivity contribution in [2.75, 3.05) is 24.9 Å². The summed E-state index contributed by atoms with van der Waals surface area (Å²) in [6.07, 6.45) is 6.05. The lowest BCUT2D eigenvalue weighted by molar-refractivity contribution is 0.102. The summed E-state index contributed by atoms with van der Waals surface area (Å²) in [7, 11) is 3.01. The number of carbonyl (C=O) groups excluding carboxylic acids is 1. The van der Waals surface area contributed by atoms with Gasteiger partial charge in [0.2, 0.25) is 0 Å². The quantitative estimate of drug-likeness (QED) is 0.798.